The van der Waals surface area contributed by atoms with Crippen LogP contribution in [-0.2, 0) is 27.8 Å². The van der Waals surface area contributed by atoms with Crippen molar-refractivity contribution in [2.24, 2.45) is 0 Å². The lowest BCUT2D eigenvalue weighted by Gasteiger charge is -2.20. The second kappa shape index (κ2) is 8.76. The summed E-state index contributed by atoms with van der Waals surface area (Å²) >= 11 is 7.09. The molecule has 2 aliphatic heterocycles. The summed E-state index contributed by atoms with van der Waals surface area (Å²) in [5.74, 6) is -0.834. The molecule has 1 amide bonds. The number of fused-ring (bicyclic) bond motifs is 1. The molecule has 1 aromatic heterocycles. The molecule has 10 heteroatoms. The van der Waals surface area contributed by atoms with E-state index in [0.29, 0.717) is 27.7 Å². The third kappa shape index (κ3) is 4.60. The number of thiophene rings is 1. The van der Waals surface area contributed by atoms with Gasteiger partial charge in [0.05, 0.1) is 10.0 Å². The fourth-order valence-corrected chi connectivity index (χ4v) is 5.82. The van der Waals surface area contributed by atoms with Gasteiger partial charge in [0.2, 0.25) is 15.9 Å². The van der Waals surface area contributed by atoms with Gasteiger partial charge in [0, 0.05) is 23.4 Å². The molecule has 160 valence electrons. The minimum absolute atomic E-state index is 0.214. The fraction of sp³-hybridized carbons (Fsp3) is 0.350. The van der Waals surface area contributed by atoms with Crippen molar-refractivity contribution in [3.63, 3.8) is 0 Å². The minimum atomic E-state index is -3.84. The SMILES string of the molecule is O=C1[C@@H](NS(=O)(=O)/C=C/c2ccc(Cl)s2)CCN1c1ccc2c(c1F)CCCNC2. The highest BCUT2D eigenvalue weighted by Crippen LogP contribution is 2.30. The van der Waals surface area contributed by atoms with Gasteiger partial charge in [0.1, 0.15) is 11.9 Å². The van der Waals surface area contributed by atoms with Crippen LogP contribution in [-0.4, -0.2) is 33.5 Å². The van der Waals surface area contributed by atoms with E-state index < -0.39 is 22.0 Å². The van der Waals surface area contributed by atoms with Crippen molar-refractivity contribution in [1.29, 1.82) is 0 Å². The molecule has 0 aliphatic carbocycles. The average molecular weight is 470 g/mol. The van der Waals surface area contributed by atoms with Gasteiger partial charge in [0.15, 0.2) is 0 Å². The number of hydrogen-bond donors (Lipinski definition) is 2. The molecule has 3 heterocycles. The Morgan fingerprint density at radius 2 is 2.13 bits per heavy atom. The van der Waals surface area contributed by atoms with Crippen molar-refractivity contribution < 1.29 is 17.6 Å². The molecule has 1 saturated heterocycles. The van der Waals surface area contributed by atoms with Crippen LogP contribution < -0.4 is 14.9 Å². The first kappa shape index (κ1) is 21.5. The molecule has 4 rings (SSSR count). The third-order valence-corrected chi connectivity index (χ3v) is 7.53. The van der Waals surface area contributed by atoms with Crippen molar-refractivity contribution in [2.45, 2.75) is 31.8 Å². The first-order valence-electron chi connectivity index (χ1n) is 9.62. The van der Waals surface area contributed by atoms with Crippen molar-refractivity contribution in [3.05, 3.63) is 55.8 Å². The van der Waals surface area contributed by atoms with Crippen LogP contribution in [0.25, 0.3) is 6.08 Å². The maximum Gasteiger partial charge on any atom is 0.245 e. The van der Waals surface area contributed by atoms with Gasteiger partial charge in [-0.1, -0.05) is 17.7 Å². The van der Waals surface area contributed by atoms with Gasteiger partial charge in [-0.05, 0) is 61.2 Å². The quantitative estimate of drug-likeness (QED) is 0.704. The number of hydrogen-bond acceptors (Lipinski definition) is 5. The highest BCUT2D eigenvalue weighted by molar-refractivity contribution is 7.92. The maximum atomic E-state index is 15.2. The molecule has 0 spiro atoms. The van der Waals surface area contributed by atoms with E-state index >= 15 is 4.39 Å². The molecule has 2 N–H and O–H groups in total. The van der Waals surface area contributed by atoms with E-state index in [1.807, 2.05) is 6.07 Å². The van der Waals surface area contributed by atoms with Gasteiger partial charge < -0.3 is 10.2 Å². The molecule has 0 saturated carbocycles. The molecule has 0 radical (unpaired) electrons. The predicted molar refractivity (Wildman–Crippen MR) is 118 cm³/mol. The molecule has 0 bridgehead atoms. The monoisotopic (exact) mass is 469 g/mol. The van der Waals surface area contributed by atoms with Crippen LogP contribution in [0, 0.1) is 5.82 Å². The second-order valence-corrected chi connectivity index (χ2v) is 10.6. The minimum Gasteiger partial charge on any atom is -0.313 e. The van der Waals surface area contributed by atoms with Crippen LogP contribution >= 0.6 is 22.9 Å². The smallest absolute Gasteiger partial charge is 0.245 e. The Labute approximate surface area is 183 Å². The summed E-state index contributed by atoms with van der Waals surface area (Å²) in [4.78, 5) is 14.9. The van der Waals surface area contributed by atoms with E-state index in [4.69, 9.17) is 11.6 Å². The first-order chi connectivity index (χ1) is 14.3. The Kier molecular flexibility index (Phi) is 6.26. The molecular formula is C20H21ClFN3O3S2. The highest BCUT2D eigenvalue weighted by atomic mass is 35.5. The summed E-state index contributed by atoms with van der Waals surface area (Å²) in [6.45, 7) is 1.68. The van der Waals surface area contributed by atoms with Crippen LogP contribution in [0.15, 0.2) is 29.7 Å². The van der Waals surface area contributed by atoms with E-state index in [0.717, 1.165) is 23.9 Å². The topological polar surface area (TPSA) is 78.5 Å². The predicted octanol–water partition coefficient (Wildman–Crippen LogP) is 3.27. The fourth-order valence-electron chi connectivity index (χ4n) is 3.75. The number of carbonyl (C=O) groups excluding carboxylic acids is 1. The zero-order valence-electron chi connectivity index (χ0n) is 16.0. The molecule has 1 fully saturated rings. The van der Waals surface area contributed by atoms with Gasteiger partial charge in [-0.3, -0.25) is 4.79 Å². The largest absolute Gasteiger partial charge is 0.313 e. The van der Waals surface area contributed by atoms with Crippen LogP contribution in [0.5, 0.6) is 0 Å². The third-order valence-electron chi connectivity index (χ3n) is 5.22. The summed E-state index contributed by atoms with van der Waals surface area (Å²) < 4.78 is 42.9. The number of rotatable bonds is 5. The zero-order valence-corrected chi connectivity index (χ0v) is 18.4. The summed E-state index contributed by atoms with van der Waals surface area (Å²) in [6.07, 6.45) is 3.13. The van der Waals surface area contributed by atoms with Crippen molar-refractivity contribution in [2.75, 3.05) is 18.0 Å². The number of nitrogens with one attached hydrogen (secondary N) is 2. The second-order valence-electron chi connectivity index (χ2n) is 7.26. The number of anilines is 1. The molecule has 0 unspecified atom stereocenters. The van der Waals surface area contributed by atoms with Gasteiger partial charge in [-0.25, -0.2) is 12.8 Å². The van der Waals surface area contributed by atoms with E-state index in [9.17, 15) is 13.2 Å². The average Bonchev–Trinajstić information content (AvgIpc) is 3.17. The van der Waals surface area contributed by atoms with Gasteiger partial charge in [0.25, 0.3) is 0 Å². The Balaban J connectivity index is 1.49. The van der Waals surface area contributed by atoms with Crippen LogP contribution in [0.2, 0.25) is 4.34 Å². The summed E-state index contributed by atoms with van der Waals surface area (Å²) in [5, 5.41) is 4.26. The van der Waals surface area contributed by atoms with Gasteiger partial charge in [-0.15, -0.1) is 11.3 Å². The standard InChI is InChI=1S/C20H21ClFN3O3S2/c21-18-6-4-14(29-18)8-11-30(27,28)24-16-7-10-25(20(16)26)17-5-3-13-12-23-9-1-2-15(13)19(17)22/h3-6,8,11,16,23-24H,1-2,7,9-10,12H2/b11-8+/t16-/m0/s1. The molecule has 2 aliphatic rings. The molecule has 2 aromatic rings. The van der Waals surface area contributed by atoms with Crippen molar-refractivity contribution in [3.8, 4) is 0 Å². The Morgan fingerprint density at radius 3 is 2.90 bits per heavy atom. The summed E-state index contributed by atoms with van der Waals surface area (Å²) in [7, 11) is -3.84. The number of benzene rings is 1. The molecule has 6 nitrogen and oxygen atoms in total. The molecule has 30 heavy (non-hydrogen) atoms. The van der Waals surface area contributed by atoms with E-state index in [1.54, 1.807) is 18.2 Å². The number of halogens is 2. The summed E-state index contributed by atoms with van der Waals surface area (Å²) in [6, 6.07) is 5.90. The number of sulfonamides is 1. The van der Waals surface area contributed by atoms with Crippen LogP contribution in [0.3, 0.4) is 0 Å². The lowest BCUT2D eigenvalue weighted by molar-refractivity contribution is -0.118. The molecule has 1 atom stereocenters. The van der Waals surface area contributed by atoms with Crippen LogP contribution in [0.1, 0.15) is 28.8 Å². The van der Waals surface area contributed by atoms with E-state index in [2.05, 4.69) is 10.0 Å². The van der Waals surface area contributed by atoms with Crippen molar-refractivity contribution in [1.82, 2.24) is 10.0 Å². The first-order valence-corrected chi connectivity index (χ1v) is 12.4. The van der Waals surface area contributed by atoms with Gasteiger partial charge >= 0.3 is 0 Å². The van der Waals surface area contributed by atoms with Crippen LogP contribution in [0.4, 0.5) is 10.1 Å². The maximum absolute atomic E-state index is 15.2. The number of amides is 1. The summed E-state index contributed by atoms with van der Waals surface area (Å²) in [5.41, 5.74) is 1.74. The Hall–Kier alpha value is -1.78. The molecule has 1 aromatic carbocycles. The Bertz CT molecular complexity index is 1100. The van der Waals surface area contributed by atoms with E-state index in [1.165, 1.54) is 22.3 Å². The number of carbonyl (C=O) groups is 1. The molecular weight excluding hydrogens is 449 g/mol. The van der Waals surface area contributed by atoms with Gasteiger partial charge in [-0.2, -0.15) is 4.72 Å². The lowest BCUT2D eigenvalue weighted by Crippen LogP contribution is -2.41. The highest BCUT2D eigenvalue weighted by Gasteiger charge is 2.36. The van der Waals surface area contributed by atoms with E-state index in [-0.39, 0.29) is 24.5 Å². The zero-order chi connectivity index (χ0) is 21.3. The van der Waals surface area contributed by atoms with Crippen molar-refractivity contribution >= 4 is 50.6 Å². The Morgan fingerprint density at radius 1 is 1.30 bits per heavy atom. The normalized spacial score (nSPS) is 20.0. The number of nitrogens with zero attached hydrogens (tertiary/aromatic N) is 1. The lowest BCUT2D eigenvalue weighted by atomic mass is 10.0.